The lowest BCUT2D eigenvalue weighted by atomic mass is 9.66. The number of fused-ring (bicyclic) bond motifs is 1. The van der Waals surface area contributed by atoms with Crippen LogP contribution < -0.4 is 0 Å². The maximum absolute atomic E-state index is 6.42. The molecular formula is C28H35NO. The third-order valence-corrected chi connectivity index (χ3v) is 8.16. The first-order chi connectivity index (χ1) is 14.7. The van der Waals surface area contributed by atoms with Crippen molar-refractivity contribution in [3.63, 3.8) is 0 Å². The first kappa shape index (κ1) is 20.0. The van der Waals surface area contributed by atoms with Crippen molar-refractivity contribution >= 4 is 5.57 Å². The number of ether oxygens (including phenoxy) is 1. The standard InChI is InChI=1S/C28H35NO/c1-22-13-14-23(25-11-3-2-10-24(22)25)9-8-15-27(26-12-4-7-19-29-26)18-20-30-28(21-27)16-5-6-17-28/h2-4,7,10-12,19,23H,1,5-6,8-9,13-18,20-21H2/t23-,27+/m0/s1. The number of hydrogen-bond acceptors (Lipinski definition) is 2. The Balaban J connectivity index is 1.34. The van der Waals surface area contributed by atoms with Crippen LogP contribution in [0.25, 0.3) is 5.57 Å². The summed E-state index contributed by atoms with van der Waals surface area (Å²) in [5, 5.41) is 0. The lowest BCUT2D eigenvalue weighted by Crippen LogP contribution is -2.46. The van der Waals surface area contributed by atoms with Gasteiger partial charge in [-0.1, -0.05) is 56.2 Å². The van der Waals surface area contributed by atoms with Gasteiger partial charge in [-0.15, -0.1) is 0 Å². The number of rotatable bonds is 5. The highest BCUT2D eigenvalue weighted by atomic mass is 16.5. The third kappa shape index (κ3) is 3.75. The predicted octanol–water partition coefficient (Wildman–Crippen LogP) is 7.20. The third-order valence-electron chi connectivity index (χ3n) is 8.16. The number of hydrogen-bond donors (Lipinski definition) is 0. The van der Waals surface area contributed by atoms with Crippen LogP contribution in [0.2, 0.25) is 0 Å². The van der Waals surface area contributed by atoms with E-state index >= 15 is 0 Å². The van der Waals surface area contributed by atoms with E-state index in [2.05, 4.69) is 43.0 Å². The molecular weight excluding hydrogens is 366 g/mol. The van der Waals surface area contributed by atoms with Crippen LogP contribution in [0.5, 0.6) is 0 Å². The van der Waals surface area contributed by atoms with E-state index in [-0.39, 0.29) is 11.0 Å². The van der Waals surface area contributed by atoms with Crippen molar-refractivity contribution in [2.45, 2.75) is 87.6 Å². The first-order valence-electron chi connectivity index (χ1n) is 12.0. The van der Waals surface area contributed by atoms with Gasteiger partial charge in [-0.3, -0.25) is 4.98 Å². The van der Waals surface area contributed by atoms with Gasteiger partial charge in [-0.25, -0.2) is 0 Å². The summed E-state index contributed by atoms with van der Waals surface area (Å²) in [6.07, 6.45) is 15.5. The monoisotopic (exact) mass is 401 g/mol. The summed E-state index contributed by atoms with van der Waals surface area (Å²) < 4.78 is 6.42. The van der Waals surface area contributed by atoms with Gasteiger partial charge in [0.25, 0.3) is 0 Å². The molecule has 1 aliphatic heterocycles. The minimum atomic E-state index is 0.116. The second kappa shape index (κ2) is 8.30. The molecule has 1 spiro atoms. The maximum atomic E-state index is 6.42. The molecule has 2 fully saturated rings. The fraction of sp³-hybridized carbons (Fsp3) is 0.536. The molecule has 1 aromatic heterocycles. The zero-order valence-electron chi connectivity index (χ0n) is 18.2. The Morgan fingerprint density at radius 2 is 1.87 bits per heavy atom. The van der Waals surface area contributed by atoms with Gasteiger partial charge in [0.15, 0.2) is 0 Å². The zero-order valence-corrected chi connectivity index (χ0v) is 18.2. The van der Waals surface area contributed by atoms with Crippen LogP contribution in [0.4, 0.5) is 0 Å². The second-order valence-corrected chi connectivity index (χ2v) is 9.98. The lowest BCUT2D eigenvalue weighted by Gasteiger charge is -2.46. The highest BCUT2D eigenvalue weighted by Crippen LogP contribution is 2.51. The molecule has 2 heterocycles. The van der Waals surface area contributed by atoms with Crippen LogP contribution in [0.1, 0.15) is 93.4 Å². The van der Waals surface area contributed by atoms with Gasteiger partial charge in [0.1, 0.15) is 0 Å². The van der Waals surface area contributed by atoms with Gasteiger partial charge in [0, 0.05) is 23.9 Å². The van der Waals surface area contributed by atoms with Crippen molar-refractivity contribution in [1.29, 1.82) is 0 Å². The van der Waals surface area contributed by atoms with Gasteiger partial charge in [0.2, 0.25) is 0 Å². The molecule has 0 radical (unpaired) electrons. The Morgan fingerprint density at radius 1 is 1.03 bits per heavy atom. The summed E-state index contributed by atoms with van der Waals surface area (Å²) in [7, 11) is 0. The number of pyridine rings is 1. The molecule has 1 saturated heterocycles. The highest BCUT2D eigenvalue weighted by molar-refractivity contribution is 5.68. The van der Waals surface area contributed by atoms with Crippen LogP contribution in [0, 0.1) is 0 Å². The van der Waals surface area contributed by atoms with E-state index in [1.807, 2.05) is 12.3 Å². The van der Waals surface area contributed by atoms with Crippen LogP contribution in [-0.2, 0) is 10.2 Å². The van der Waals surface area contributed by atoms with E-state index in [1.165, 1.54) is 73.8 Å². The summed E-state index contributed by atoms with van der Waals surface area (Å²) in [6, 6.07) is 15.4. The SMILES string of the molecule is C=C1CC[C@H](CCC[C@@]2(c3ccccn3)CCOC3(CCCC3)C2)c2ccccc21. The van der Waals surface area contributed by atoms with Crippen molar-refractivity contribution in [1.82, 2.24) is 4.98 Å². The van der Waals surface area contributed by atoms with Gasteiger partial charge in [-0.2, -0.15) is 0 Å². The van der Waals surface area contributed by atoms with Crippen molar-refractivity contribution in [3.05, 3.63) is 72.1 Å². The van der Waals surface area contributed by atoms with Crippen molar-refractivity contribution in [2.75, 3.05) is 6.61 Å². The molecule has 2 heteroatoms. The molecule has 1 aromatic carbocycles. The quantitative estimate of drug-likeness (QED) is 0.528. The van der Waals surface area contributed by atoms with Gasteiger partial charge in [-0.05, 0) is 86.1 Å². The number of nitrogens with zero attached hydrogens (tertiary/aromatic N) is 1. The summed E-state index contributed by atoms with van der Waals surface area (Å²) in [5.74, 6) is 0.674. The second-order valence-electron chi connectivity index (χ2n) is 9.98. The Hall–Kier alpha value is -1.93. The average Bonchev–Trinajstić information content (AvgIpc) is 3.23. The molecule has 0 unspecified atom stereocenters. The molecule has 1 saturated carbocycles. The van der Waals surface area contributed by atoms with Crippen LogP contribution in [0.3, 0.4) is 0 Å². The van der Waals surface area contributed by atoms with E-state index in [1.54, 1.807) is 0 Å². The topological polar surface area (TPSA) is 22.1 Å². The molecule has 2 nitrogen and oxygen atoms in total. The fourth-order valence-electron chi connectivity index (χ4n) is 6.60. The van der Waals surface area contributed by atoms with E-state index in [0.717, 1.165) is 25.9 Å². The first-order valence-corrected chi connectivity index (χ1v) is 12.0. The maximum Gasteiger partial charge on any atom is 0.0691 e. The lowest BCUT2D eigenvalue weighted by molar-refractivity contribution is -0.105. The molecule has 0 bridgehead atoms. The molecule has 0 N–H and O–H groups in total. The zero-order chi connectivity index (χ0) is 20.4. The van der Waals surface area contributed by atoms with Crippen LogP contribution >= 0.6 is 0 Å². The molecule has 3 aliphatic rings. The van der Waals surface area contributed by atoms with E-state index < -0.39 is 0 Å². The normalized spacial score (nSPS) is 27.9. The van der Waals surface area contributed by atoms with E-state index in [9.17, 15) is 0 Å². The molecule has 2 aliphatic carbocycles. The minimum Gasteiger partial charge on any atom is -0.375 e. The Labute approximate surface area is 181 Å². The van der Waals surface area contributed by atoms with E-state index in [4.69, 9.17) is 9.72 Å². The molecule has 5 rings (SSSR count). The van der Waals surface area contributed by atoms with Crippen molar-refractivity contribution in [3.8, 4) is 0 Å². The highest BCUT2D eigenvalue weighted by Gasteiger charge is 2.48. The number of benzene rings is 1. The van der Waals surface area contributed by atoms with Crippen molar-refractivity contribution in [2.24, 2.45) is 0 Å². The molecule has 30 heavy (non-hydrogen) atoms. The Morgan fingerprint density at radius 3 is 2.70 bits per heavy atom. The van der Waals surface area contributed by atoms with Gasteiger partial charge >= 0.3 is 0 Å². The van der Waals surface area contributed by atoms with Gasteiger partial charge < -0.3 is 4.74 Å². The van der Waals surface area contributed by atoms with Crippen LogP contribution in [-0.4, -0.2) is 17.2 Å². The largest absolute Gasteiger partial charge is 0.375 e. The minimum absolute atomic E-state index is 0.116. The van der Waals surface area contributed by atoms with Gasteiger partial charge in [0.05, 0.1) is 5.60 Å². The fourth-order valence-corrected chi connectivity index (χ4v) is 6.60. The van der Waals surface area contributed by atoms with Crippen molar-refractivity contribution < 1.29 is 4.74 Å². The summed E-state index contributed by atoms with van der Waals surface area (Å²) in [4.78, 5) is 4.87. The average molecular weight is 402 g/mol. The molecule has 2 atom stereocenters. The number of allylic oxidation sites excluding steroid dienone is 1. The van der Waals surface area contributed by atoms with Crippen LogP contribution in [0.15, 0.2) is 55.2 Å². The smallest absolute Gasteiger partial charge is 0.0691 e. The summed E-state index contributed by atoms with van der Waals surface area (Å²) >= 11 is 0. The number of aromatic nitrogens is 1. The molecule has 2 aromatic rings. The Kier molecular flexibility index (Phi) is 5.54. The summed E-state index contributed by atoms with van der Waals surface area (Å²) in [6.45, 7) is 5.20. The molecule has 158 valence electrons. The molecule has 0 amide bonds. The van der Waals surface area contributed by atoms with E-state index in [0.29, 0.717) is 5.92 Å². The summed E-state index contributed by atoms with van der Waals surface area (Å²) in [5.41, 5.74) is 5.85. The Bertz CT molecular complexity index is 883. The predicted molar refractivity (Wildman–Crippen MR) is 124 cm³/mol.